The molecule has 1 aliphatic rings. The summed E-state index contributed by atoms with van der Waals surface area (Å²) in [6, 6.07) is 19.2. The summed E-state index contributed by atoms with van der Waals surface area (Å²) in [5, 5.41) is 12.0. The van der Waals surface area contributed by atoms with Crippen LogP contribution < -0.4 is 9.64 Å². The van der Waals surface area contributed by atoms with Crippen molar-refractivity contribution in [3.63, 3.8) is 0 Å². The number of aliphatic hydroxyl groups excluding tert-OH is 1. The lowest BCUT2D eigenvalue weighted by atomic mass is 9.85. The third kappa shape index (κ3) is 6.04. The van der Waals surface area contributed by atoms with E-state index in [2.05, 4.69) is 27.7 Å². The molecule has 4 rings (SSSR count). The number of rotatable bonds is 8. The first-order valence-corrected chi connectivity index (χ1v) is 13.8. The molecule has 3 aromatic carbocycles. The van der Waals surface area contributed by atoms with Crippen molar-refractivity contribution in [1.82, 2.24) is 0 Å². The summed E-state index contributed by atoms with van der Waals surface area (Å²) in [6.07, 6.45) is 3.19. The predicted molar refractivity (Wildman–Crippen MR) is 158 cm³/mol. The highest BCUT2D eigenvalue weighted by Gasteiger charge is 2.47. The van der Waals surface area contributed by atoms with E-state index in [0.717, 1.165) is 36.0 Å². The fourth-order valence-electron chi connectivity index (χ4n) is 4.86. The molecule has 1 amide bonds. The second-order valence-corrected chi connectivity index (χ2v) is 11.5. The predicted octanol–water partition coefficient (Wildman–Crippen LogP) is 8.14. The van der Waals surface area contributed by atoms with E-state index in [0.29, 0.717) is 28.6 Å². The Morgan fingerprint density at radius 3 is 2.23 bits per heavy atom. The monoisotopic (exact) mass is 545 g/mol. The number of ether oxygens (including phenoxy) is 1. The van der Waals surface area contributed by atoms with Crippen LogP contribution in [0.1, 0.15) is 75.3 Å². The average Bonchev–Trinajstić information content (AvgIpc) is 3.16. The van der Waals surface area contributed by atoms with Crippen molar-refractivity contribution in [3.05, 3.63) is 99.6 Å². The number of benzene rings is 3. The van der Waals surface area contributed by atoms with Gasteiger partial charge >= 0.3 is 0 Å². The number of halogens is 1. The number of aliphatic hydroxyl groups is 1. The average molecular weight is 546 g/mol. The van der Waals surface area contributed by atoms with Crippen LogP contribution in [0, 0.1) is 6.92 Å². The molecule has 1 saturated heterocycles. The van der Waals surface area contributed by atoms with Gasteiger partial charge in [0.05, 0.1) is 18.2 Å². The number of carbonyl (C=O) groups is 2. The summed E-state index contributed by atoms with van der Waals surface area (Å²) in [5.41, 5.74) is 3.61. The Kier molecular flexibility index (Phi) is 8.51. The molecule has 1 atom stereocenters. The molecular weight excluding hydrogens is 510 g/mol. The van der Waals surface area contributed by atoms with Crippen molar-refractivity contribution in [2.24, 2.45) is 0 Å². The van der Waals surface area contributed by atoms with E-state index in [-0.39, 0.29) is 16.7 Å². The zero-order valence-electron chi connectivity index (χ0n) is 23.3. The number of Topliss-reactive ketones (excluding diaryl/α,β-unsaturated/α-hetero) is 1. The summed E-state index contributed by atoms with van der Waals surface area (Å²) in [7, 11) is 0. The zero-order chi connectivity index (χ0) is 28.3. The minimum Gasteiger partial charge on any atom is -0.507 e. The van der Waals surface area contributed by atoms with Gasteiger partial charge in [-0.3, -0.25) is 14.5 Å². The number of nitrogens with zero attached hydrogens (tertiary/aromatic N) is 1. The molecule has 1 unspecified atom stereocenters. The highest BCUT2D eigenvalue weighted by atomic mass is 35.5. The molecule has 5 nitrogen and oxygen atoms in total. The fourth-order valence-corrected chi connectivity index (χ4v) is 5.08. The van der Waals surface area contributed by atoms with Crippen LogP contribution in [0.5, 0.6) is 5.75 Å². The highest BCUT2D eigenvalue weighted by Crippen LogP contribution is 2.44. The topological polar surface area (TPSA) is 66.8 Å². The van der Waals surface area contributed by atoms with Gasteiger partial charge < -0.3 is 9.84 Å². The Hall–Kier alpha value is -3.57. The van der Waals surface area contributed by atoms with Gasteiger partial charge in [0.15, 0.2) is 0 Å². The van der Waals surface area contributed by atoms with Gasteiger partial charge in [0.2, 0.25) is 0 Å². The molecule has 3 aromatic rings. The SMILES string of the molecule is CCCCCOc1ccc(/C(O)=C2\C(=O)C(=O)N(c3ccc(Cl)cc3C)C2c2ccc(C(C)(C)C)cc2)cc1. The van der Waals surface area contributed by atoms with Crippen molar-refractivity contribution < 1.29 is 19.4 Å². The van der Waals surface area contributed by atoms with E-state index in [9.17, 15) is 14.7 Å². The molecule has 39 heavy (non-hydrogen) atoms. The Labute approximate surface area is 236 Å². The maximum Gasteiger partial charge on any atom is 0.300 e. The number of anilines is 1. The summed E-state index contributed by atoms with van der Waals surface area (Å²) in [4.78, 5) is 28.5. The van der Waals surface area contributed by atoms with Crippen molar-refractivity contribution in [1.29, 1.82) is 0 Å². The van der Waals surface area contributed by atoms with Gasteiger partial charge in [-0.05, 0) is 77.9 Å². The van der Waals surface area contributed by atoms with Gasteiger partial charge in [-0.25, -0.2) is 0 Å². The normalized spacial score (nSPS) is 17.1. The largest absolute Gasteiger partial charge is 0.507 e. The van der Waals surface area contributed by atoms with Crippen LogP contribution in [-0.2, 0) is 15.0 Å². The molecule has 204 valence electrons. The maximum atomic E-state index is 13.5. The third-order valence-electron chi connectivity index (χ3n) is 7.10. The van der Waals surface area contributed by atoms with E-state index in [1.54, 1.807) is 42.5 Å². The molecular formula is C33H36ClNO4. The lowest BCUT2D eigenvalue weighted by Gasteiger charge is -2.28. The number of hydrogen-bond acceptors (Lipinski definition) is 4. The van der Waals surface area contributed by atoms with Gasteiger partial charge in [0, 0.05) is 16.3 Å². The first kappa shape index (κ1) is 28.4. The van der Waals surface area contributed by atoms with E-state index >= 15 is 0 Å². The molecule has 6 heteroatoms. The van der Waals surface area contributed by atoms with Crippen LogP contribution >= 0.6 is 11.6 Å². The van der Waals surface area contributed by atoms with Crippen LogP contribution in [0.25, 0.3) is 5.76 Å². The van der Waals surface area contributed by atoms with Crippen molar-refractivity contribution in [2.45, 2.75) is 65.3 Å². The Bertz CT molecular complexity index is 1380. The first-order chi connectivity index (χ1) is 18.5. The van der Waals surface area contributed by atoms with Crippen molar-refractivity contribution in [2.75, 3.05) is 11.5 Å². The zero-order valence-corrected chi connectivity index (χ0v) is 24.0. The molecule has 1 fully saturated rings. The molecule has 1 N–H and O–H groups in total. The minimum absolute atomic E-state index is 0.0504. The number of ketones is 1. The molecule has 0 spiro atoms. The van der Waals surface area contributed by atoms with Gasteiger partial charge in [0.25, 0.3) is 11.7 Å². The summed E-state index contributed by atoms with van der Waals surface area (Å²) in [5.74, 6) is -0.950. The van der Waals surface area contributed by atoms with Crippen LogP contribution in [0.2, 0.25) is 5.02 Å². The number of unbranched alkanes of at least 4 members (excludes halogenated alkanes) is 2. The second kappa shape index (κ2) is 11.7. The maximum absolute atomic E-state index is 13.5. The number of hydrogen-bond donors (Lipinski definition) is 1. The second-order valence-electron chi connectivity index (χ2n) is 11.1. The number of amides is 1. The van der Waals surface area contributed by atoms with E-state index in [1.165, 1.54) is 4.90 Å². The molecule has 0 bridgehead atoms. The number of carbonyl (C=O) groups excluding carboxylic acids is 2. The molecule has 0 radical (unpaired) electrons. The van der Waals surface area contributed by atoms with Gasteiger partial charge in [-0.15, -0.1) is 0 Å². The standard InChI is InChI=1S/C33H36ClNO4/c1-6-7-8-19-39-26-16-11-23(12-17-26)30(36)28-29(22-9-13-24(14-10-22)33(3,4)5)35(32(38)31(28)37)27-18-15-25(34)20-21(27)2/h9-18,20,29,36H,6-8,19H2,1-5H3/b30-28+. The lowest BCUT2D eigenvalue weighted by Crippen LogP contribution is -2.30. The minimum atomic E-state index is -0.802. The highest BCUT2D eigenvalue weighted by molar-refractivity contribution is 6.51. The summed E-state index contributed by atoms with van der Waals surface area (Å²) >= 11 is 6.19. The Balaban J connectivity index is 1.80. The molecule has 0 aliphatic carbocycles. The smallest absolute Gasteiger partial charge is 0.300 e. The molecule has 0 aromatic heterocycles. The van der Waals surface area contributed by atoms with Crippen LogP contribution in [0.15, 0.2) is 72.3 Å². The van der Waals surface area contributed by atoms with Crippen molar-refractivity contribution in [3.8, 4) is 5.75 Å². The third-order valence-corrected chi connectivity index (χ3v) is 7.33. The van der Waals surface area contributed by atoms with Crippen LogP contribution in [0.3, 0.4) is 0 Å². The molecule has 1 aliphatic heterocycles. The van der Waals surface area contributed by atoms with E-state index in [1.807, 2.05) is 31.2 Å². The summed E-state index contributed by atoms with van der Waals surface area (Å²) in [6.45, 7) is 11.0. The van der Waals surface area contributed by atoms with Gasteiger partial charge in [-0.1, -0.05) is 76.4 Å². The Morgan fingerprint density at radius 1 is 0.974 bits per heavy atom. The number of aryl methyl sites for hydroxylation is 1. The Morgan fingerprint density at radius 2 is 1.64 bits per heavy atom. The van der Waals surface area contributed by atoms with Gasteiger partial charge in [0.1, 0.15) is 11.5 Å². The molecule has 0 saturated carbocycles. The molecule has 1 heterocycles. The van der Waals surface area contributed by atoms with Gasteiger partial charge in [-0.2, -0.15) is 0 Å². The summed E-state index contributed by atoms with van der Waals surface area (Å²) < 4.78 is 5.80. The van der Waals surface area contributed by atoms with Crippen LogP contribution in [0.4, 0.5) is 5.69 Å². The van der Waals surface area contributed by atoms with Crippen LogP contribution in [-0.4, -0.2) is 23.4 Å². The quantitative estimate of drug-likeness (QED) is 0.134. The fraction of sp³-hybridized carbons (Fsp3) is 0.333. The van der Waals surface area contributed by atoms with Crippen molar-refractivity contribution >= 4 is 34.7 Å². The first-order valence-electron chi connectivity index (χ1n) is 13.4. The lowest BCUT2D eigenvalue weighted by molar-refractivity contribution is -0.132. The van der Waals surface area contributed by atoms with E-state index in [4.69, 9.17) is 16.3 Å². The van der Waals surface area contributed by atoms with E-state index < -0.39 is 17.7 Å².